The zero-order valence-corrected chi connectivity index (χ0v) is 26.5. The lowest BCUT2D eigenvalue weighted by atomic mass is 10.0. The summed E-state index contributed by atoms with van der Waals surface area (Å²) in [6, 6.07) is 11.6. The zero-order chi connectivity index (χ0) is 33.2. The van der Waals surface area contributed by atoms with Crippen molar-refractivity contribution < 1.29 is 52.4 Å². The van der Waals surface area contributed by atoms with E-state index in [1.165, 1.54) is 55.5 Å². The molecule has 0 heterocycles. The number of hydrogen-bond donors (Lipinski definition) is 1. The Hall–Kier alpha value is -4.13. The van der Waals surface area contributed by atoms with Gasteiger partial charge in [0.1, 0.15) is 19.3 Å². The minimum absolute atomic E-state index is 0.0509. The average Bonchev–Trinajstić information content (AvgIpc) is 3.02. The molecule has 0 aliphatic heterocycles. The van der Waals surface area contributed by atoms with Crippen LogP contribution in [-0.2, 0) is 33.2 Å². The van der Waals surface area contributed by atoms with E-state index in [1.54, 1.807) is 14.0 Å². The summed E-state index contributed by atoms with van der Waals surface area (Å²) in [5.74, 6) is -2.89. The Balaban J connectivity index is 1.93. The summed E-state index contributed by atoms with van der Waals surface area (Å²) in [6.45, 7) is 8.45. The van der Waals surface area contributed by atoms with E-state index < -0.39 is 29.9 Å². The molecule has 0 spiro atoms. The van der Waals surface area contributed by atoms with Crippen LogP contribution < -0.4 is 5.32 Å². The number of ketones is 1. The van der Waals surface area contributed by atoms with Crippen molar-refractivity contribution in [3.63, 3.8) is 0 Å². The third-order valence-electron chi connectivity index (χ3n) is 6.32. The summed E-state index contributed by atoms with van der Waals surface area (Å²) in [6.07, 6.45) is -0.839. The predicted molar refractivity (Wildman–Crippen MR) is 163 cm³/mol. The highest BCUT2D eigenvalue weighted by atomic mass is 16.6. The number of ether oxygens (including phenoxy) is 6. The molecule has 2 unspecified atom stereocenters. The van der Waals surface area contributed by atoms with E-state index in [1.807, 2.05) is 13.8 Å². The van der Waals surface area contributed by atoms with Crippen molar-refractivity contribution in [2.75, 3.05) is 53.4 Å². The van der Waals surface area contributed by atoms with E-state index in [0.717, 1.165) is 0 Å². The fourth-order valence-corrected chi connectivity index (χ4v) is 3.87. The molecule has 0 radical (unpaired) electrons. The molecule has 0 saturated carbocycles. The van der Waals surface area contributed by atoms with E-state index in [4.69, 9.17) is 28.4 Å². The highest BCUT2D eigenvalue weighted by Crippen LogP contribution is 2.16. The summed E-state index contributed by atoms with van der Waals surface area (Å²) in [7, 11) is 1.59. The van der Waals surface area contributed by atoms with Crippen molar-refractivity contribution in [1.82, 2.24) is 5.32 Å². The van der Waals surface area contributed by atoms with Gasteiger partial charge >= 0.3 is 17.9 Å². The van der Waals surface area contributed by atoms with Crippen LogP contribution in [0.5, 0.6) is 0 Å². The van der Waals surface area contributed by atoms with Gasteiger partial charge in [-0.15, -0.1) is 0 Å². The van der Waals surface area contributed by atoms with E-state index in [9.17, 15) is 24.0 Å². The molecular weight excluding hydrogens is 586 g/mol. The summed E-state index contributed by atoms with van der Waals surface area (Å²) < 4.78 is 31.7. The average molecular weight is 630 g/mol. The van der Waals surface area contributed by atoms with Crippen LogP contribution in [0.3, 0.4) is 0 Å². The van der Waals surface area contributed by atoms with Gasteiger partial charge in [0, 0.05) is 24.6 Å². The largest absolute Gasteiger partial charge is 0.460 e. The molecule has 12 heteroatoms. The number of esters is 3. The number of Topliss-reactive ketones (excluding diaryl/α,β-unsaturated/α-hetero) is 1. The second-order valence-corrected chi connectivity index (χ2v) is 10.5. The number of benzene rings is 2. The van der Waals surface area contributed by atoms with Crippen LogP contribution in [0.15, 0.2) is 48.5 Å². The molecule has 1 N–H and O–H groups in total. The van der Waals surface area contributed by atoms with Crippen LogP contribution in [-0.4, -0.2) is 95.1 Å². The third kappa shape index (κ3) is 14.0. The molecule has 0 saturated heterocycles. The van der Waals surface area contributed by atoms with Gasteiger partial charge < -0.3 is 33.7 Å². The Morgan fingerprint density at radius 2 is 1.11 bits per heavy atom. The Morgan fingerprint density at radius 1 is 0.644 bits per heavy atom. The smallest absolute Gasteiger partial charge is 0.338 e. The SMILES string of the molecule is COCCOCCOCCOC(=O)c1ccc(C(=O)OCC(CC(C)C(=O)NC(C)C)OC(=O)c2ccc(C(C)=O)cc2)cc1. The Labute approximate surface area is 263 Å². The second kappa shape index (κ2) is 20.0. The summed E-state index contributed by atoms with van der Waals surface area (Å²) in [5.41, 5.74) is 1.05. The van der Waals surface area contributed by atoms with Gasteiger partial charge in [-0.1, -0.05) is 19.1 Å². The Morgan fingerprint density at radius 3 is 1.62 bits per heavy atom. The lowest BCUT2D eigenvalue weighted by molar-refractivity contribution is -0.126. The molecule has 0 aliphatic rings. The fourth-order valence-electron chi connectivity index (χ4n) is 3.87. The molecule has 0 fully saturated rings. The number of amides is 1. The van der Waals surface area contributed by atoms with Gasteiger partial charge in [0.05, 0.1) is 49.7 Å². The summed E-state index contributed by atoms with van der Waals surface area (Å²) in [4.78, 5) is 62.0. The van der Waals surface area contributed by atoms with Crippen LogP contribution in [0, 0.1) is 5.92 Å². The lowest BCUT2D eigenvalue weighted by Gasteiger charge is -2.22. The van der Waals surface area contributed by atoms with Crippen molar-refractivity contribution in [3.8, 4) is 0 Å². The second-order valence-electron chi connectivity index (χ2n) is 10.5. The van der Waals surface area contributed by atoms with Crippen molar-refractivity contribution in [1.29, 1.82) is 0 Å². The van der Waals surface area contributed by atoms with Gasteiger partial charge in [-0.25, -0.2) is 14.4 Å². The van der Waals surface area contributed by atoms with Crippen LogP contribution in [0.2, 0.25) is 0 Å². The first-order chi connectivity index (χ1) is 21.5. The van der Waals surface area contributed by atoms with Gasteiger partial charge in [0.2, 0.25) is 5.91 Å². The first-order valence-corrected chi connectivity index (χ1v) is 14.7. The topological polar surface area (TPSA) is 153 Å². The van der Waals surface area contributed by atoms with Gasteiger partial charge in [0.15, 0.2) is 5.78 Å². The van der Waals surface area contributed by atoms with E-state index in [-0.39, 0.29) is 60.7 Å². The Kier molecular flexibility index (Phi) is 16.5. The van der Waals surface area contributed by atoms with Gasteiger partial charge in [-0.05, 0) is 63.6 Å². The standard InChI is InChI=1S/C33H43NO11/c1-22(2)34-30(36)23(3)20-29(45-33(39)28-8-6-25(7-9-28)24(4)35)21-44-32(38)27-12-10-26(11-13-27)31(37)43-19-18-42-17-16-41-15-14-40-5/h6-13,22-23,29H,14-21H2,1-5H3,(H,34,36). The van der Waals surface area contributed by atoms with Crippen molar-refractivity contribution >= 4 is 29.6 Å². The monoisotopic (exact) mass is 629 g/mol. The maximum Gasteiger partial charge on any atom is 0.338 e. The fraction of sp³-hybridized carbons (Fsp3) is 0.485. The highest BCUT2D eigenvalue weighted by molar-refractivity contribution is 5.96. The van der Waals surface area contributed by atoms with Crippen LogP contribution in [0.4, 0.5) is 0 Å². The number of methoxy groups -OCH3 is 1. The van der Waals surface area contributed by atoms with Crippen LogP contribution >= 0.6 is 0 Å². The molecule has 1 amide bonds. The van der Waals surface area contributed by atoms with Crippen LogP contribution in [0.1, 0.15) is 75.5 Å². The minimum Gasteiger partial charge on any atom is -0.460 e. The van der Waals surface area contributed by atoms with E-state index in [0.29, 0.717) is 32.0 Å². The number of rotatable bonds is 20. The molecule has 0 bridgehead atoms. The zero-order valence-electron chi connectivity index (χ0n) is 26.5. The first kappa shape index (κ1) is 37.1. The summed E-state index contributed by atoms with van der Waals surface area (Å²) in [5, 5.41) is 2.81. The predicted octanol–water partition coefficient (Wildman–Crippen LogP) is 3.66. The quantitative estimate of drug-likeness (QED) is 0.0988. The van der Waals surface area contributed by atoms with Crippen molar-refractivity contribution in [2.24, 2.45) is 5.92 Å². The molecule has 12 nitrogen and oxygen atoms in total. The highest BCUT2D eigenvalue weighted by Gasteiger charge is 2.25. The molecule has 2 aromatic carbocycles. The molecule has 2 aromatic rings. The summed E-state index contributed by atoms with van der Waals surface area (Å²) >= 11 is 0. The van der Waals surface area contributed by atoms with E-state index in [2.05, 4.69) is 5.32 Å². The molecule has 2 atom stereocenters. The number of carbonyl (C=O) groups is 5. The van der Waals surface area contributed by atoms with Gasteiger partial charge in [-0.2, -0.15) is 0 Å². The normalized spacial score (nSPS) is 12.2. The molecule has 2 rings (SSSR count). The number of hydrogen-bond acceptors (Lipinski definition) is 11. The Bertz CT molecular complexity index is 1240. The van der Waals surface area contributed by atoms with Gasteiger partial charge in [-0.3, -0.25) is 9.59 Å². The lowest BCUT2D eigenvalue weighted by Crippen LogP contribution is -2.37. The maximum atomic E-state index is 12.8. The molecule has 0 aliphatic carbocycles. The number of nitrogens with one attached hydrogen (secondary N) is 1. The molecule has 45 heavy (non-hydrogen) atoms. The third-order valence-corrected chi connectivity index (χ3v) is 6.32. The van der Waals surface area contributed by atoms with Crippen molar-refractivity contribution in [3.05, 3.63) is 70.8 Å². The maximum absolute atomic E-state index is 12.8. The minimum atomic E-state index is -0.935. The first-order valence-electron chi connectivity index (χ1n) is 14.7. The van der Waals surface area contributed by atoms with Crippen LogP contribution in [0.25, 0.3) is 0 Å². The molecule has 246 valence electrons. The van der Waals surface area contributed by atoms with Crippen molar-refractivity contribution in [2.45, 2.75) is 46.3 Å². The van der Waals surface area contributed by atoms with E-state index >= 15 is 0 Å². The number of carbonyl (C=O) groups excluding carboxylic acids is 5. The van der Waals surface area contributed by atoms with Gasteiger partial charge in [0.25, 0.3) is 0 Å². The molecular formula is C33H43NO11. The molecule has 0 aromatic heterocycles.